The second-order valence-electron chi connectivity index (χ2n) is 0.958. The first-order valence-electron chi connectivity index (χ1n) is 1.01. The molecule has 1 radical (unpaired) electrons. The summed E-state index contributed by atoms with van der Waals surface area (Å²) in [7, 11) is -10.7. The average Bonchev–Trinajstić information content (AvgIpc) is 0.592. The summed E-state index contributed by atoms with van der Waals surface area (Å²) in [5, 5.41) is 0. The van der Waals surface area contributed by atoms with Crippen LogP contribution in [0.15, 0.2) is 0 Å². The van der Waals surface area contributed by atoms with E-state index < -0.39 is 7.81 Å². The topological polar surface area (TPSA) is 35.0 Å². The van der Waals surface area contributed by atoms with Crippen molar-refractivity contribution in [2.45, 2.75) is 0 Å². The summed E-state index contributed by atoms with van der Waals surface area (Å²) in [6.07, 6.45) is 0. The maximum absolute atomic E-state index is 10.7. The van der Waals surface area contributed by atoms with Crippen molar-refractivity contribution in [2.24, 2.45) is 0 Å². The molecular formula is H4CuF6NP. The third-order valence-electron chi connectivity index (χ3n) is 0. The first-order valence-corrected chi connectivity index (χ1v) is 3.04. The van der Waals surface area contributed by atoms with Crippen LogP contribution < -0.4 is 6.15 Å². The number of rotatable bonds is 0. The Morgan fingerprint density at radius 1 is 0.778 bits per heavy atom. The molecule has 0 amide bonds. The van der Waals surface area contributed by atoms with Gasteiger partial charge in [0.2, 0.25) is 0 Å². The van der Waals surface area contributed by atoms with Crippen molar-refractivity contribution in [1.29, 1.82) is 0 Å². The molecule has 9 heavy (non-hydrogen) atoms. The smallest absolute Gasteiger partial charge is 0.344 e. The fraction of sp³-hybridized carbons (Fsp3) is 0. The van der Waals surface area contributed by atoms with Crippen LogP contribution in [0.3, 0.4) is 0 Å². The Morgan fingerprint density at radius 2 is 0.778 bits per heavy atom. The van der Waals surface area contributed by atoms with Gasteiger partial charge < -0.3 is 6.15 Å². The maximum atomic E-state index is 9.87. The van der Waals surface area contributed by atoms with Crippen LogP contribution in [0.25, 0.3) is 0 Å². The molecule has 0 heterocycles. The monoisotopic (exact) mass is 226 g/mol. The summed E-state index contributed by atoms with van der Waals surface area (Å²) in [5.41, 5.74) is 0. The minimum absolute atomic E-state index is 0. The Bertz CT molecular complexity index is 76.3. The molecule has 0 spiro atoms. The summed E-state index contributed by atoms with van der Waals surface area (Å²) < 4.78 is 59.2. The van der Waals surface area contributed by atoms with Gasteiger partial charge in [-0.3, -0.25) is 0 Å². The van der Waals surface area contributed by atoms with E-state index in [0.717, 1.165) is 0 Å². The second-order valence-corrected chi connectivity index (χ2v) is 2.87. The molecule has 0 aliphatic carbocycles. The van der Waals surface area contributed by atoms with Gasteiger partial charge in [0.05, 0.1) is 0 Å². The molecule has 0 saturated heterocycles. The van der Waals surface area contributed by atoms with Gasteiger partial charge in [0, 0.05) is 17.1 Å². The maximum Gasteiger partial charge on any atom is 1.00 e. The zero-order chi connectivity index (χ0) is 6.41. The molecule has 0 aliphatic rings. The van der Waals surface area contributed by atoms with Gasteiger partial charge in [-0.25, -0.2) is 0 Å². The zero-order valence-electron chi connectivity index (χ0n) is 4.72. The quantitative estimate of drug-likeness (QED) is 0.382. The number of hydrogen-bond acceptors (Lipinski definition) is 1. The first-order chi connectivity index (χ1) is 2.45. The molecule has 0 aromatic heterocycles. The summed E-state index contributed by atoms with van der Waals surface area (Å²) >= 11 is 0. The Morgan fingerprint density at radius 3 is 0.778 bits per heavy atom. The van der Waals surface area contributed by atoms with Gasteiger partial charge in [-0.2, -0.15) is 0 Å². The summed E-state index contributed by atoms with van der Waals surface area (Å²) in [6.45, 7) is 0. The Balaban J connectivity index is -0.0000000600. The Kier molecular flexibility index (Phi) is 3.58. The minimum atomic E-state index is -10.7. The molecule has 0 saturated carbocycles. The van der Waals surface area contributed by atoms with E-state index >= 15 is 0 Å². The van der Waals surface area contributed by atoms with Crippen molar-refractivity contribution < 1.29 is 43.7 Å². The fourth-order valence-electron chi connectivity index (χ4n) is 0. The Labute approximate surface area is 58.6 Å². The van der Waals surface area contributed by atoms with Gasteiger partial charge in [-0.15, -0.1) is 0 Å². The molecule has 0 aromatic rings. The van der Waals surface area contributed by atoms with Crippen LogP contribution in [0.2, 0.25) is 0 Å². The van der Waals surface area contributed by atoms with Gasteiger partial charge in [-0.05, 0) is 0 Å². The molecule has 9 heteroatoms. The van der Waals surface area contributed by atoms with Crippen LogP contribution in [-0.4, -0.2) is 0 Å². The fourth-order valence-corrected chi connectivity index (χ4v) is 0. The van der Waals surface area contributed by atoms with Crippen LogP contribution in [-0.2, 0) is 17.1 Å². The van der Waals surface area contributed by atoms with Gasteiger partial charge in [0.25, 0.3) is 0 Å². The summed E-state index contributed by atoms with van der Waals surface area (Å²) in [5.74, 6) is 0. The van der Waals surface area contributed by atoms with Gasteiger partial charge in [0.15, 0.2) is 0 Å². The van der Waals surface area contributed by atoms with Crippen LogP contribution >= 0.6 is 7.81 Å². The molecule has 0 bridgehead atoms. The van der Waals surface area contributed by atoms with Crippen molar-refractivity contribution in [2.75, 3.05) is 0 Å². The van der Waals surface area contributed by atoms with Crippen molar-refractivity contribution in [3.05, 3.63) is 0 Å². The van der Waals surface area contributed by atoms with Gasteiger partial charge in [0.1, 0.15) is 0 Å². The van der Waals surface area contributed by atoms with Crippen molar-refractivity contribution in [3.8, 4) is 0 Å². The SMILES string of the molecule is F[P-](F)(F)(F)(F)F.N.[Cu].[H+]. The van der Waals surface area contributed by atoms with Crippen molar-refractivity contribution in [1.82, 2.24) is 6.15 Å². The van der Waals surface area contributed by atoms with E-state index in [2.05, 4.69) is 0 Å². The zero-order valence-corrected chi connectivity index (χ0v) is 5.56. The number of hydrogen-bond donors (Lipinski definition) is 1. The molecule has 0 rings (SSSR count). The first kappa shape index (κ1) is 16.2. The molecular weight excluding hydrogens is 223 g/mol. The van der Waals surface area contributed by atoms with E-state index in [1.54, 1.807) is 0 Å². The molecule has 0 fully saturated rings. The second kappa shape index (κ2) is 1.98. The molecule has 0 unspecified atom stereocenters. The molecule has 67 valence electrons. The van der Waals surface area contributed by atoms with Crippen LogP contribution in [0.1, 0.15) is 1.43 Å². The van der Waals surface area contributed by atoms with Crippen molar-refractivity contribution >= 4 is 7.81 Å². The predicted octanol–water partition coefficient (Wildman–Crippen LogP) is 3.65. The van der Waals surface area contributed by atoms with Crippen LogP contribution in [0, 0.1) is 0 Å². The minimum Gasteiger partial charge on any atom is -0.344 e. The Hall–Kier alpha value is 0.489. The van der Waals surface area contributed by atoms with E-state index in [0.29, 0.717) is 0 Å². The van der Waals surface area contributed by atoms with Gasteiger partial charge >= 0.3 is 34.4 Å². The van der Waals surface area contributed by atoms with E-state index in [4.69, 9.17) is 0 Å². The third-order valence-corrected chi connectivity index (χ3v) is 0. The summed E-state index contributed by atoms with van der Waals surface area (Å²) in [6, 6.07) is 0. The molecule has 3 N–H and O–H groups in total. The predicted molar refractivity (Wildman–Crippen MR) is 19.7 cm³/mol. The summed E-state index contributed by atoms with van der Waals surface area (Å²) in [4.78, 5) is 0. The van der Waals surface area contributed by atoms with Crippen molar-refractivity contribution in [3.63, 3.8) is 0 Å². The number of halogens is 6. The van der Waals surface area contributed by atoms with Gasteiger partial charge in [-0.1, -0.05) is 0 Å². The molecule has 0 aromatic carbocycles. The van der Waals surface area contributed by atoms with Crippen LogP contribution in [0.4, 0.5) is 25.2 Å². The van der Waals surface area contributed by atoms with E-state index in [1.807, 2.05) is 0 Å². The molecule has 0 aliphatic heterocycles. The average molecular weight is 227 g/mol. The third kappa shape index (κ3) is 1490. The standard InChI is InChI=1S/Cu.F6P.H3N/c;1-7(2,3,4,5)6;/h;;1H3/q;-1;/p+1. The van der Waals surface area contributed by atoms with E-state index in [1.165, 1.54) is 0 Å². The van der Waals surface area contributed by atoms with E-state index in [-0.39, 0.29) is 24.6 Å². The molecule has 0 atom stereocenters. The normalized spacial score (nSPS) is 18.0. The molecule has 1 nitrogen and oxygen atoms in total. The van der Waals surface area contributed by atoms with Crippen LogP contribution in [0.5, 0.6) is 0 Å². The van der Waals surface area contributed by atoms with E-state index in [9.17, 15) is 25.2 Å². The largest absolute Gasteiger partial charge is 1.00 e.